The summed E-state index contributed by atoms with van der Waals surface area (Å²) in [6.07, 6.45) is 1.08. The molecule has 0 aliphatic carbocycles. The third-order valence-electron chi connectivity index (χ3n) is 5.32. The number of hydrogen-bond donors (Lipinski definition) is 2. The summed E-state index contributed by atoms with van der Waals surface area (Å²) in [7, 11) is -9.28. The number of ether oxygens (including phenoxy) is 1. The summed E-state index contributed by atoms with van der Waals surface area (Å²) < 4.78 is 75.5. The highest BCUT2D eigenvalue weighted by molar-refractivity contribution is 7.86. The maximum atomic E-state index is 11.8. The monoisotopic (exact) mass is 510 g/mol. The third-order valence-corrected chi connectivity index (χ3v) is 8.18. The van der Waals surface area contributed by atoms with Crippen LogP contribution in [-0.4, -0.2) is 43.6 Å². The van der Waals surface area contributed by atoms with Crippen LogP contribution < -0.4 is 14.2 Å². The van der Waals surface area contributed by atoms with Crippen molar-refractivity contribution in [2.45, 2.75) is 22.8 Å². The average Bonchev–Trinajstić information content (AvgIpc) is 3.14. The molecular formula is C19H14N2O9S3. The first kappa shape index (κ1) is 21.8. The number of nitrogens with zero attached hydrogens (tertiary/aromatic N) is 2. The fourth-order valence-electron chi connectivity index (χ4n) is 3.94. The molecule has 0 bridgehead atoms. The summed E-state index contributed by atoms with van der Waals surface area (Å²) in [5, 5.41) is 9.86. The first-order chi connectivity index (χ1) is 15.4. The Hall–Kier alpha value is -3.04. The van der Waals surface area contributed by atoms with Crippen LogP contribution >= 0.6 is 11.3 Å². The molecule has 0 unspecified atom stereocenters. The molecule has 14 heteroatoms. The molecule has 0 amide bonds. The SMILES string of the molecule is O=C(O)Cc1cc2c(cc1S(=O)(=O)O)OC1=Cc3sc4cc(S(=O)(=O)[O-])ccc4[n+]3CCN12. The van der Waals surface area contributed by atoms with Gasteiger partial charge in [0.2, 0.25) is 11.4 Å². The summed E-state index contributed by atoms with van der Waals surface area (Å²) >= 11 is 1.25. The first-order valence-electron chi connectivity index (χ1n) is 9.37. The average molecular weight is 511 g/mol. The second-order valence-electron chi connectivity index (χ2n) is 7.39. The lowest BCUT2D eigenvalue weighted by molar-refractivity contribution is -0.665. The van der Waals surface area contributed by atoms with Crippen molar-refractivity contribution in [3.05, 3.63) is 46.8 Å². The van der Waals surface area contributed by atoms with Gasteiger partial charge in [0.25, 0.3) is 15.1 Å². The second-order valence-corrected chi connectivity index (χ2v) is 11.2. The number of aromatic nitrogens is 1. The molecule has 0 fully saturated rings. The van der Waals surface area contributed by atoms with Crippen molar-refractivity contribution >= 4 is 59.5 Å². The van der Waals surface area contributed by atoms with Crippen LogP contribution in [0.4, 0.5) is 5.69 Å². The Balaban J connectivity index is 1.61. The van der Waals surface area contributed by atoms with Crippen LogP contribution in [0.5, 0.6) is 5.75 Å². The van der Waals surface area contributed by atoms with Gasteiger partial charge in [0.15, 0.2) is 12.3 Å². The molecule has 0 spiro atoms. The maximum Gasteiger partial charge on any atom is 0.307 e. The Morgan fingerprint density at radius 2 is 1.97 bits per heavy atom. The zero-order chi connectivity index (χ0) is 23.7. The zero-order valence-electron chi connectivity index (χ0n) is 16.5. The third kappa shape index (κ3) is 3.75. The van der Waals surface area contributed by atoms with Crippen molar-refractivity contribution in [2.75, 3.05) is 11.4 Å². The van der Waals surface area contributed by atoms with Gasteiger partial charge in [-0.05, 0) is 23.8 Å². The molecule has 0 atom stereocenters. The van der Waals surface area contributed by atoms with E-state index >= 15 is 0 Å². The Morgan fingerprint density at radius 3 is 2.64 bits per heavy atom. The molecular weight excluding hydrogens is 496 g/mol. The number of aliphatic carboxylic acids is 1. The standard InChI is InChI=1S/C19H14N2O9S3/c22-19(23)6-10-5-13-14(8-16(10)33(27,28)29)30-17-9-18-21(4-3-20(13)17)12-2-1-11(32(24,25)26)7-15(12)31-18/h1-2,5,7-9H,3-4,6H2,(H2-,22,23,24,25,26,27,28,29). The minimum atomic E-state index is -4.68. The number of carboxylic acid groups (broad SMARTS) is 1. The molecule has 3 heterocycles. The Labute approximate surface area is 191 Å². The normalized spacial score (nSPS) is 15.3. The van der Waals surface area contributed by atoms with Crippen molar-refractivity contribution < 1.29 is 45.1 Å². The molecule has 2 aliphatic heterocycles. The van der Waals surface area contributed by atoms with E-state index in [0.717, 1.165) is 11.6 Å². The number of hydrogen-bond acceptors (Lipinski definition) is 9. The predicted molar refractivity (Wildman–Crippen MR) is 114 cm³/mol. The molecule has 0 radical (unpaired) electrons. The molecule has 172 valence electrons. The van der Waals surface area contributed by atoms with Gasteiger partial charge in [-0.1, -0.05) is 11.3 Å². The Bertz CT molecular complexity index is 1600. The van der Waals surface area contributed by atoms with Crippen LogP contribution in [0.1, 0.15) is 10.6 Å². The van der Waals surface area contributed by atoms with E-state index in [1.54, 1.807) is 17.0 Å². The lowest BCUT2D eigenvalue weighted by atomic mass is 10.1. The molecule has 33 heavy (non-hydrogen) atoms. The number of carboxylic acids is 1. The van der Waals surface area contributed by atoms with E-state index in [2.05, 4.69) is 0 Å². The minimum Gasteiger partial charge on any atom is -0.744 e. The summed E-state index contributed by atoms with van der Waals surface area (Å²) in [5.74, 6) is -0.750. The van der Waals surface area contributed by atoms with Crippen molar-refractivity contribution in [1.82, 2.24) is 0 Å². The van der Waals surface area contributed by atoms with Gasteiger partial charge in [0.05, 0.1) is 29.6 Å². The lowest BCUT2D eigenvalue weighted by Crippen LogP contribution is -2.39. The van der Waals surface area contributed by atoms with Gasteiger partial charge < -0.3 is 19.3 Å². The number of anilines is 1. The lowest BCUT2D eigenvalue weighted by Gasteiger charge is -2.15. The summed E-state index contributed by atoms with van der Waals surface area (Å²) in [4.78, 5) is 12.1. The van der Waals surface area contributed by atoms with Crippen molar-refractivity contribution in [3.8, 4) is 5.75 Å². The van der Waals surface area contributed by atoms with Gasteiger partial charge in [-0.2, -0.15) is 13.0 Å². The minimum absolute atomic E-state index is 0.0722. The molecule has 1 aromatic heterocycles. The molecule has 3 aromatic rings. The Kier molecular flexibility index (Phi) is 4.77. The molecule has 2 aliphatic rings. The van der Waals surface area contributed by atoms with E-state index in [0.29, 0.717) is 34.4 Å². The van der Waals surface area contributed by atoms with Crippen molar-refractivity contribution in [3.63, 3.8) is 0 Å². The van der Waals surface area contributed by atoms with Crippen LogP contribution in [0, 0.1) is 0 Å². The van der Waals surface area contributed by atoms with Crippen LogP contribution in [0.2, 0.25) is 0 Å². The molecule has 5 rings (SSSR count). The largest absolute Gasteiger partial charge is 0.744 e. The second kappa shape index (κ2) is 7.23. The van der Waals surface area contributed by atoms with Crippen LogP contribution in [0.15, 0.2) is 46.0 Å². The van der Waals surface area contributed by atoms with E-state index in [-0.39, 0.29) is 16.2 Å². The fourth-order valence-corrected chi connectivity index (χ4v) is 6.38. The first-order valence-corrected chi connectivity index (χ1v) is 13.0. The summed E-state index contributed by atoms with van der Waals surface area (Å²) in [6, 6.07) is 6.61. The zero-order valence-corrected chi connectivity index (χ0v) is 18.9. The summed E-state index contributed by atoms with van der Waals surface area (Å²) in [6.45, 7) is 0.817. The molecule has 2 aromatic carbocycles. The maximum absolute atomic E-state index is 11.8. The highest BCUT2D eigenvalue weighted by Crippen LogP contribution is 2.43. The smallest absolute Gasteiger partial charge is 0.307 e. The predicted octanol–water partition coefficient (Wildman–Crippen LogP) is 1.18. The molecule has 0 saturated heterocycles. The highest BCUT2D eigenvalue weighted by atomic mass is 32.2. The Morgan fingerprint density at radius 1 is 1.21 bits per heavy atom. The number of benzene rings is 2. The van der Waals surface area contributed by atoms with Gasteiger partial charge >= 0.3 is 5.97 Å². The van der Waals surface area contributed by atoms with E-state index in [1.807, 2.05) is 4.57 Å². The van der Waals surface area contributed by atoms with Gasteiger partial charge in [0, 0.05) is 12.1 Å². The van der Waals surface area contributed by atoms with Crippen LogP contribution in [0.3, 0.4) is 0 Å². The molecule has 11 nitrogen and oxygen atoms in total. The number of rotatable bonds is 4. The number of carbonyl (C=O) groups is 1. The summed E-state index contributed by atoms with van der Waals surface area (Å²) in [5.41, 5.74) is 1.12. The van der Waals surface area contributed by atoms with Crippen molar-refractivity contribution in [1.29, 1.82) is 0 Å². The number of fused-ring (bicyclic) bond motifs is 6. The topological polar surface area (TPSA) is 165 Å². The van der Waals surface area contributed by atoms with E-state index in [1.165, 1.54) is 29.5 Å². The van der Waals surface area contributed by atoms with Gasteiger partial charge in [-0.15, -0.1) is 0 Å². The molecule has 2 N–H and O–H groups in total. The fraction of sp³-hybridized carbons (Fsp3) is 0.158. The van der Waals surface area contributed by atoms with E-state index < -0.39 is 37.5 Å². The van der Waals surface area contributed by atoms with Crippen LogP contribution in [-0.2, 0) is 38.0 Å². The van der Waals surface area contributed by atoms with Gasteiger partial charge in [0.1, 0.15) is 19.7 Å². The quantitative estimate of drug-likeness (QED) is 0.384. The number of thiazole rings is 1. The van der Waals surface area contributed by atoms with Gasteiger partial charge in [-0.3, -0.25) is 9.35 Å². The highest BCUT2D eigenvalue weighted by Gasteiger charge is 2.35. The van der Waals surface area contributed by atoms with E-state index in [4.69, 9.17) is 9.84 Å². The van der Waals surface area contributed by atoms with Crippen LogP contribution in [0.25, 0.3) is 16.3 Å². The van der Waals surface area contributed by atoms with Gasteiger partial charge in [-0.25, -0.2) is 8.42 Å². The van der Waals surface area contributed by atoms with Crippen molar-refractivity contribution in [2.24, 2.45) is 0 Å². The van der Waals surface area contributed by atoms with E-state index in [9.17, 15) is 30.7 Å². The molecule has 0 saturated carbocycles.